The van der Waals surface area contributed by atoms with Crippen LogP contribution in [0.25, 0.3) is 0 Å². The molecule has 67 valence electrons. The maximum absolute atomic E-state index is 5.70. The molecule has 0 aliphatic carbocycles. The molecule has 0 aliphatic heterocycles. The first-order valence-corrected chi connectivity index (χ1v) is 4.56. The Morgan fingerprint density at radius 1 is 1.09 bits per heavy atom. The van der Waals surface area contributed by atoms with Gasteiger partial charge in [-0.25, -0.2) is 0 Å². The molecule has 0 fully saturated rings. The van der Waals surface area contributed by atoms with Crippen LogP contribution in [0.1, 0.15) is 38.5 Å². The van der Waals surface area contributed by atoms with E-state index in [9.17, 15) is 0 Å². The van der Waals surface area contributed by atoms with E-state index in [4.69, 9.17) is 11.5 Å². The molecule has 0 aromatic carbocycles. The van der Waals surface area contributed by atoms with Gasteiger partial charge in [-0.2, -0.15) is 0 Å². The molecule has 0 saturated carbocycles. The van der Waals surface area contributed by atoms with Crippen molar-refractivity contribution in [3.8, 4) is 0 Å². The van der Waals surface area contributed by atoms with Gasteiger partial charge in [0.2, 0.25) is 0 Å². The summed E-state index contributed by atoms with van der Waals surface area (Å²) in [5.74, 6) is 0. The van der Waals surface area contributed by atoms with E-state index >= 15 is 0 Å². The van der Waals surface area contributed by atoms with Crippen molar-refractivity contribution in [2.45, 2.75) is 44.6 Å². The zero-order chi connectivity index (χ0) is 8.53. The summed E-state index contributed by atoms with van der Waals surface area (Å²) in [5.41, 5.74) is 11.1. The Labute approximate surface area is 70.3 Å². The lowest BCUT2D eigenvalue weighted by Gasteiger charge is -2.06. The third-order valence-corrected chi connectivity index (χ3v) is 1.90. The van der Waals surface area contributed by atoms with Crippen LogP contribution in [0.3, 0.4) is 0 Å². The molecule has 0 aromatic rings. The van der Waals surface area contributed by atoms with E-state index < -0.39 is 0 Å². The van der Waals surface area contributed by atoms with E-state index in [-0.39, 0.29) is 0 Å². The van der Waals surface area contributed by atoms with Crippen molar-refractivity contribution < 1.29 is 0 Å². The van der Waals surface area contributed by atoms with E-state index in [1.54, 1.807) is 0 Å². The Morgan fingerprint density at radius 3 is 2.27 bits per heavy atom. The minimum Gasteiger partial charge on any atom is -0.330 e. The molecule has 1 atom stereocenters. The molecule has 0 spiro atoms. The molecule has 0 aliphatic rings. The zero-order valence-electron chi connectivity index (χ0n) is 7.39. The fourth-order valence-electron chi connectivity index (χ4n) is 1.05. The fourth-order valence-corrected chi connectivity index (χ4v) is 1.05. The van der Waals surface area contributed by atoms with E-state index in [1.165, 1.54) is 19.3 Å². The van der Waals surface area contributed by atoms with Crippen molar-refractivity contribution >= 4 is 0 Å². The summed E-state index contributed by atoms with van der Waals surface area (Å²) in [6.45, 7) is 4.58. The van der Waals surface area contributed by atoms with Gasteiger partial charge in [0.25, 0.3) is 0 Å². The first kappa shape index (κ1) is 10.9. The van der Waals surface area contributed by atoms with Crippen molar-refractivity contribution in [1.82, 2.24) is 0 Å². The minimum atomic E-state index is 0.313. The molecule has 4 N–H and O–H groups in total. The molecule has 0 saturated heterocycles. The van der Waals surface area contributed by atoms with Gasteiger partial charge in [-0.05, 0) is 25.8 Å². The van der Waals surface area contributed by atoms with Crippen LogP contribution in [0.5, 0.6) is 0 Å². The Bertz CT molecular complexity index is 74.0. The molecule has 11 heavy (non-hydrogen) atoms. The van der Waals surface area contributed by atoms with Gasteiger partial charge in [0.1, 0.15) is 0 Å². The van der Waals surface area contributed by atoms with Gasteiger partial charge in [-0.15, -0.1) is 0 Å². The van der Waals surface area contributed by atoms with Crippen LogP contribution in [-0.2, 0) is 0 Å². The fraction of sp³-hybridized carbons (Fsp3) is 0.889. The van der Waals surface area contributed by atoms with Crippen molar-refractivity contribution in [3.05, 3.63) is 6.92 Å². The summed E-state index contributed by atoms with van der Waals surface area (Å²) < 4.78 is 0. The number of nitrogens with two attached hydrogens (primary N) is 2. The van der Waals surface area contributed by atoms with Gasteiger partial charge in [-0.1, -0.05) is 26.2 Å². The number of hydrogen-bond donors (Lipinski definition) is 2. The predicted molar refractivity (Wildman–Crippen MR) is 50.1 cm³/mol. The highest BCUT2D eigenvalue weighted by molar-refractivity contribution is 4.61. The number of hydrogen-bond acceptors (Lipinski definition) is 2. The van der Waals surface area contributed by atoms with E-state index in [1.807, 2.05) is 0 Å². The smallest absolute Gasteiger partial charge is 0.00388 e. The van der Waals surface area contributed by atoms with Gasteiger partial charge in [0, 0.05) is 6.04 Å². The molecule has 0 bridgehead atoms. The molecule has 0 amide bonds. The summed E-state index contributed by atoms with van der Waals surface area (Å²) in [7, 11) is 0. The third kappa shape index (κ3) is 7.82. The summed E-state index contributed by atoms with van der Waals surface area (Å²) in [4.78, 5) is 0. The second-order valence-corrected chi connectivity index (χ2v) is 3.04. The van der Waals surface area contributed by atoms with Crippen LogP contribution in [0.15, 0.2) is 0 Å². The first-order chi connectivity index (χ1) is 5.31. The predicted octanol–water partition coefficient (Wildman–Crippen LogP) is 1.45. The lowest BCUT2D eigenvalue weighted by atomic mass is 10.1. The average molecular weight is 157 g/mol. The topological polar surface area (TPSA) is 52.0 Å². The average Bonchev–Trinajstić information content (AvgIpc) is 2.04. The first-order valence-electron chi connectivity index (χ1n) is 4.56. The molecular weight excluding hydrogens is 136 g/mol. The second kappa shape index (κ2) is 8.02. The maximum Gasteiger partial charge on any atom is 0.00388 e. The molecule has 2 nitrogen and oxygen atoms in total. The second-order valence-electron chi connectivity index (χ2n) is 3.04. The molecule has 1 radical (unpaired) electrons. The van der Waals surface area contributed by atoms with Gasteiger partial charge in [0.15, 0.2) is 0 Å². The summed E-state index contributed by atoms with van der Waals surface area (Å²) in [6, 6.07) is 0.313. The van der Waals surface area contributed by atoms with Crippen LogP contribution in [-0.4, -0.2) is 12.6 Å². The maximum atomic E-state index is 5.70. The van der Waals surface area contributed by atoms with Crippen molar-refractivity contribution in [2.75, 3.05) is 6.54 Å². The highest BCUT2D eigenvalue weighted by atomic mass is 14.6. The minimum absolute atomic E-state index is 0.313. The lowest BCUT2D eigenvalue weighted by Crippen LogP contribution is -2.18. The largest absolute Gasteiger partial charge is 0.330 e. The number of unbranched alkanes of at least 4 members (excludes halogenated alkanes) is 3. The molecular formula is C9H21N2. The van der Waals surface area contributed by atoms with Crippen LogP contribution in [0.2, 0.25) is 0 Å². The Balaban J connectivity index is 2.89. The SMILES string of the molecule is [CH2]CC(N)CCCCCCN. The van der Waals surface area contributed by atoms with E-state index in [2.05, 4.69) is 6.92 Å². The number of rotatable bonds is 7. The van der Waals surface area contributed by atoms with Crippen LogP contribution in [0, 0.1) is 6.92 Å². The molecule has 2 heteroatoms. The highest BCUT2D eigenvalue weighted by Crippen LogP contribution is 2.05. The Kier molecular flexibility index (Phi) is 7.96. The molecule has 0 aromatic heterocycles. The Hall–Kier alpha value is -0.0800. The van der Waals surface area contributed by atoms with Crippen LogP contribution < -0.4 is 11.5 Å². The summed E-state index contributed by atoms with van der Waals surface area (Å²) in [6.07, 6.45) is 6.88. The van der Waals surface area contributed by atoms with Crippen molar-refractivity contribution in [3.63, 3.8) is 0 Å². The Morgan fingerprint density at radius 2 is 1.73 bits per heavy atom. The third-order valence-electron chi connectivity index (χ3n) is 1.90. The van der Waals surface area contributed by atoms with Crippen LogP contribution in [0.4, 0.5) is 0 Å². The zero-order valence-corrected chi connectivity index (χ0v) is 7.39. The quantitative estimate of drug-likeness (QED) is 0.549. The van der Waals surface area contributed by atoms with E-state index in [0.29, 0.717) is 6.04 Å². The van der Waals surface area contributed by atoms with Crippen LogP contribution >= 0.6 is 0 Å². The van der Waals surface area contributed by atoms with Gasteiger partial charge < -0.3 is 11.5 Å². The van der Waals surface area contributed by atoms with Crippen molar-refractivity contribution in [1.29, 1.82) is 0 Å². The van der Waals surface area contributed by atoms with Crippen molar-refractivity contribution in [2.24, 2.45) is 11.5 Å². The standard InChI is InChI=1S/C9H21N2/c1-2-9(11)7-5-3-4-6-8-10/h9H,1-8,10-11H2. The molecule has 1 unspecified atom stereocenters. The molecule has 0 rings (SSSR count). The summed E-state index contributed by atoms with van der Waals surface area (Å²) >= 11 is 0. The lowest BCUT2D eigenvalue weighted by molar-refractivity contribution is 0.546. The van der Waals surface area contributed by atoms with Gasteiger partial charge in [-0.3, -0.25) is 0 Å². The highest BCUT2D eigenvalue weighted by Gasteiger charge is 1.97. The van der Waals surface area contributed by atoms with Gasteiger partial charge >= 0.3 is 0 Å². The monoisotopic (exact) mass is 157 g/mol. The normalized spacial score (nSPS) is 13.4. The van der Waals surface area contributed by atoms with Gasteiger partial charge in [0.05, 0.1) is 0 Å². The summed E-state index contributed by atoms with van der Waals surface area (Å²) in [5, 5.41) is 0. The molecule has 0 heterocycles. The van der Waals surface area contributed by atoms with E-state index in [0.717, 1.165) is 25.8 Å².